The number of ether oxygens (including phenoxy) is 4. The van der Waals surface area contributed by atoms with Crippen molar-refractivity contribution < 1.29 is 38.4 Å². The number of rotatable bonds is 9. The SMILES string of the molecule is CC(=O)O[C@@H]1C[C@H]2C(COC(=O)CC(C)C)=CO[C@@H](OC(=O)CC(C)C)C2[C@]1(O)CCl. The van der Waals surface area contributed by atoms with Gasteiger partial charge in [0.2, 0.25) is 6.29 Å². The molecule has 0 spiro atoms. The van der Waals surface area contributed by atoms with Crippen molar-refractivity contribution in [2.75, 3.05) is 12.5 Å². The minimum absolute atomic E-state index is 0.0372. The Morgan fingerprint density at radius 3 is 2.32 bits per heavy atom. The molecule has 31 heavy (non-hydrogen) atoms. The Morgan fingerprint density at radius 2 is 1.77 bits per heavy atom. The van der Waals surface area contributed by atoms with Crippen molar-refractivity contribution in [2.45, 2.75) is 71.9 Å². The van der Waals surface area contributed by atoms with Crippen molar-refractivity contribution in [3.05, 3.63) is 11.8 Å². The van der Waals surface area contributed by atoms with E-state index in [2.05, 4.69) is 0 Å². The topological polar surface area (TPSA) is 108 Å². The number of esters is 3. The molecule has 2 rings (SSSR count). The van der Waals surface area contributed by atoms with Crippen LogP contribution >= 0.6 is 11.6 Å². The fourth-order valence-electron chi connectivity index (χ4n) is 4.11. The molecule has 1 unspecified atom stereocenters. The molecule has 2 aliphatic rings. The highest BCUT2D eigenvalue weighted by molar-refractivity contribution is 6.18. The summed E-state index contributed by atoms with van der Waals surface area (Å²) in [5, 5.41) is 11.4. The van der Waals surface area contributed by atoms with Crippen LogP contribution in [0.4, 0.5) is 0 Å². The molecule has 5 atom stereocenters. The van der Waals surface area contributed by atoms with E-state index in [1.807, 2.05) is 27.7 Å². The number of alkyl halides is 1. The van der Waals surface area contributed by atoms with Crippen LogP contribution < -0.4 is 0 Å². The smallest absolute Gasteiger partial charge is 0.309 e. The third kappa shape index (κ3) is 6.35. The summed E-state index contributed by atoms with van der Waals surface area (Å²) in [6.07, 6.45) is 0.0907. The second-order valence-electron chi connectivity index (χ2n) is 9.13. The average Bonchev–Trinajstić information content (AvgIpc) is 2.93. The molecule has 0 bridgehead atoms. The minimum Gasteiger partial charge on any atom is -0.462 e. The van der Waals surface area contributed by atoms with Crippen molar-refractivity contribution in [3.63, 3.8) is 0 Å². The van der Waals surface area contributed by atoms with Crippen molar-refractivity contribution in [1.29, 1.82) is 0 Å². The molecule has 0 saturated heterocycles. The third-order valence-electron chi connectivity index (χ3n) is 5.48. The molecule has 1 aliphatic heterocycles. The van der Waals surface area contributed by atoms with E-state index in [-0.39, 0.29) is 49.6 Å². The fraction of sp³-hybridized carbons (Fsp3) is 0.773. The van der Waals surface area contributed by atoms with Gasteiger partial charge in [-0.25, -0.2) is 0 Å². The van der Waals surface area contributed by atoms with E-state index in [9.17, 15) is 19.5 Å². The monoisotopic (exact) mass is 460 g/mol. The lowest BCUT2D eigenvalue weighted by Crippen LogP contribution is -2.53. The van der Waals surface area contributed by atoms with Gasteiger partial charge in [0.25, 0.3) is 0 Å². The van der Waals surface area contributed by atoms with Gasteiger partial charge in [0.05, 0.1) is 18.1 Å². The lowest BCUT2D eigenvalue weighted by atomic mass is 9.81. The van der Waals surface area contributed by atoms with Crippen LogP contribution in [-0.4, -0.2) is 53.5 Å². The number of carbonyl (C=O) groups is 3. The second kappa shape index (κ2) is 10.7. The molecule has 0 amide bonds. The highest BCUT2D eigenvalue weighted by atomic mass is 35.5. The Kier molecular flexibility index (Phi) is 8.77. The summed E-state index contributed by atoms with van der Waals surface area (Å²) in [4.78, 5) is 35.9. The lowest BCUT2D eigenvalue weighted by Gasteiger charge is -2.40. The molecule has 1 saturated carbocycles. The zero-order valence-electron chi connectivity index (χ0n) is 18.8. The molecule has 0 aromatic heterocycles. The molecule has 0 aromatic rings. The van der Waals surface area contributed by atoms with Crippen LogP contribution in [0.2, 0.25) is 0 Å². The number of fused-ring (bicyclic) bond motifs is 1. The molecule has 1 N–H and O–H groups in total. The Labute approximate surface area is 188 Å². The zero-order chi connectivity index (χ0) is 23.3. The van der Waals surface area contributed by atoms with Gasteiger partial charge in [0.1, 0.15) is 18.3 Å². The van der Waals surface area contributed by atoms with Gasteiger partial charge >= 0.3 is 17.9 Å². The number of aliphatic hydroxyl groups is 1. The van der Waals surface area contributed by atoms with Crippen LogP contribution in [0.25, 0.3) is 0 Å². The number of carbonyl (C=O) groups excluding carboxylic acids is 3. The standard InChI is InChI=1S/C22H33ClO8/c1-12(2)6-18(25)28-9-15-10-29-21(31-19(26)7-13(3)4)20-16(15)8-17(30-14(5)24)22(20,27)11-23/h10,12-13,16-17,20-21,27H,6-9,11H2,1-5H3/t16-,17+,20?,21-,22-/m0/s1. The van der Waals surface area contributed by atoms with E-state index in [1.54, 1.807) is 0 Å². The van der Waals surface area contributed by atoms with Crippen LogP contribution in [0.1, 0.15) is 53.9 Å². The summed E-state index contributed by atoms with van der Waals surface area (Å²) < 4.78 is 21.9. The molecular formula is C22H33ClO8. The van der Waals surface area contributed by atoms with Crippen LogP contribution in [0.15, 0.2) is 11.8 Å². The highest BCUT2D eigenvalue weighted by Crippen LogP contribution is 2.51. The third-order valence-corrected chi connectivity index (χ3v) is 5.91. The highest BCUT2D eigenvalue weighted by Gasteiger charge is 2.62. The molecule has 1 aliphatic carbocycles. The number of hydrogen-bond donors (Lipinski definition) is 1. The minimum atomic E-state index is -1.68. The van der Waals surface area contributed by atoms with Crippen molar-refractivity contribution >= 4 is 29.5 Å². The van der Waals surface area contributed by atoms with Crippen LogP contribution in [0, 0.1) is 23.7 Å². The van der Waals surface area contributed by atoms with Gasteiger partial charge in [0, 0.05) is 31.3 Å². The second-order valence-corrected chi connectivity index (χ2v) is 9.40. The maximum absolute atomic E-state index is 12.3. The van der Waals surface area contributed by atoms with Gasteiger partial charge in [-0.3, -0.25) is 14.4 Å². The van der Waals surface area contributed by atoms with E-state index in [1.165, 1.54) is 13.2 Å². The summed E-state index contributed by atoms with van der Waals surface area (Å²) in [6, 6.07) is 0. The first kappa shape index (κ1) is 25.5. The van der Waals surface area contributed by atoms with Gasteiger partial charge in [-0.1, -0.05) is 27.7 Å². The van der Waals surface area contributed by atoms with Crippen LogP contribution in [-0.2, 0) is 33.3 Å². The van der Waals surface area contributed by atoms with Crippen molar-refractivity contribution in [1.82, 2.24) is 0 Å². The molecular weight excluding hydrogens is 428 g/mol. The molecule has 8 nitrogen and oxygen atoms in total. The normalized spacial score (nSPS) is 29.8. The summed E-state index contributed by atoms with van der Waals surface area (Å²) in [5.41, 5.74) is -1.07. The van der Waals surface area contributed by atoms with Gasteiger partial charge in [-0.2, -0.15) is 0 Å². The molecule has 1 heterocycles. The average molecular weight is 461 g/mol. The van der Waals surface area contributed by atoms with Crippen molar-refractivity contribution in [3.8, 4) is 0 Å². The first-order chi connectivity index (χ1) is 14.5. The first-order valence-corrected chi connectivity index (χ1v) is 11.2. The van der Waals surface area contributed by atoms with E-state index in [0.29, 0.717) is 5.57 Å². The quantitative estimate of drug-likeness (QED) is 0.318. The number of hydrogen-bond acceptors (Lipinski definition) is 8. The number of halogens is 1. The first-order valence-electron chi connectivity index (χ1n) is 10.6. The predicted molar refractivity (Wildman–Crippen MR) is 112 cm³/mol. The summed E-state index contributed by atoms with van der Waals surface area (Å²) in [7, 11) is 0. The van der Waals surface area contributed by atoms with Gasteiger partial charge in [-0.15, -0.1) is 11.6 Å². The zero-order valence-corrected chi connectivity index (χ0v) is 19.5. The van der Waals surface area contributed by atoms with Gasteiger partial charge < -0.3 is 24.1 Å². The molecule has 0 radical (unpaired) electrons. The summed E-state index contributed by atoms with van der Waals surface area (Å²) in [5.74, 6) is -2.58. The maximum Gasteiger partial charge on any atom is 0.309 e. The Hall–Kier alpha value is -1.80. The van der Waals surface area contributed by atoms with E-state index >= 15 is 0 Å². The summed E-state index contributed by atoms with van der Waals surface area (Å²) >= 11 is 6.12. The van der Waals surface area contributed by atoms with E-state index in [0.717, 1.165) is 0 Å². The predicted octanol–water partition coefficient (Wildman–Crippen LogP) is 2.94. The van der Waals surface area contributed by atoms with Crippen LogP contribution in [0.3, 0.4) is 0 Å². The van der Waals surface area contributed by atoms with Gasteiger partial charge in [-0.05, 0) is 18.3 Å². The van der Waals surface area contributed by atoms with Gasteiger partial charge in [0.15, 0.2) is 0 Å². The molecule has 0 aromatic carbocycles. The molecule has 9 heteroatoms. The Bertz CT molecular complexity index is 704. The summed E-state index contributed by atoms with van der Waals surface area (Å²) in [6.45, 7) is 8.81. The van der Waals surface area contributed by atoms with Crippen molar-refractivity contribution in [2.24, 2.45) is 23.7 Å². The fourth-order valence-corrected chi connectivity index (χ4v) is 4.46. The Balaban J connectivity index is 2.27. The molecule has 1 fully saturated rings. The lowest BCUT2D eigenvalue weighted by molar-refractivity contribution is -0.211. The maximum atomic E-state index is 12.3. The van der Waals surface area contributed by atoms with E-state index in [4.69, 9.17) is 30.5 Å². The Morgan fingerprint density at radius 1 is 1.16 bits per heavy atom. The van der Waals surface area contributed by atoms with E-state index < -0.39 is 41.8 Å². The molecule has 176 valence electrons. The van der Waals surface area contributed by atoms with Crippen LogP contribution in [0.5, 0.6) is 0 Å². The largest absolute Gasteiger partial charge is 0.462 e.